The Bertz CT molecular complexity index is 1020. The van der Waals surface area contributed by atoms with Gasteiger partial charge in [0, 0.05) is 11.7 Å². The number of aryl methyl sites for hydroxylation is 3. The molecule has 3 nitrogen and oxygen atoms in total. The minimum atomic E-state index is -4.06. The first-order chi connectivity index (χ1) is 14.2. The van der Waals surface area contributed by atoms with Gasteiger partial charge in [0.2, 0.25) is 18.2 Å². The maximum absolute atomic E-state index is 14.4. The Kier molecular flexibility index (Phi) is 8.01. The van der Waals surface area contributed by atoms with Crippen LogP contribution in [0.5, 0.6) is 0 Å². The fraction of sp³-hybridized carbons (Fsp3) is 0.440. The zero-order chi connectivity index (χ0) is 23.7. The summed E-state index contributed by atoms with van der Waals surface area (Å²) in [6.07, 6.45) is 0.704. The number of rotatable bonds is 7. The molecule has 2 rings (SSSR count). The van der Waals surface area contributed by atoms with Gasteiger partial charge in [-0.15, -0.1) is 0 Å². The lowest BCUT2D eigenvalue weighted by Crippen LogP contribution is -2.21. The van der Waals surface area contributed by atoms with Crippen LogP contribution in [-0.4, -0.2) is 17.2 Å². The van der Waals surface area contributed by atoms with Crippen molar-refractivity contribution in [3.8, 4) is 0 Å². The highest BCUT2D eigenvalue weighted by molar-refractivity contribution is 7.95. The van der Waals surface area contributed by atoms with Gasteiger partial charge >= 0.3 is 0 Å². The van der Waals surface area contributed by atoms with E-state index in [0.717, 1.165) is 12.0 Å². The minimum absolute atomic E-state index is 0.0176. The van der Waals surface area contributed by atoms with E-state index in [1.165, 1.54) is 12.1 Å². The van der Waals surface area contributed by atoms with Crippen LogP contribution in [0.3, 0.4) is 0 Å². The predicted octanol–water partition coefficient (Wildman–Crippen LogP) is 8.33. The summed E-state index contributed by atoms with van der Waals surface area (Å²) in [5.41, 5.74) is 1.35. The van der Waals surface area contributed by atoms with Crippen molar-refractivity contribution in [1.82, 2.24) is 0 Å². The van der Waals surface area contributed by atoms with E-state index in [1.807, 2.05) is 39.8 Å². The fourth-order valence-electron chi connectivity index (χ4n) is 4.39. The molecule has 31 heavy (non-hydrogen) atoms. The average Bonchev–Trinajstić information content (AvgIpc) is 2.58. The van der Waals surface area contributed by atoms with Gasteiger partial charge in [0.1, 0.15) is 0 Å². The molecule has 0 spiro atoms. The Labute approximate surface area is 195 Å². The van der Waals surface area contributed by atoms with Gasteiger partial charge in [-0.25, -0.2) is 0 Å². The molecule has 0 saturated carbocycles. The van der Waals surface area contributed by atoms with Crippen LogP contribution in [0.4, 0.5) is 0 Å². The van der Waals surface area contributed by atoms with Gasteiger partial charge in [0.05, 0.1) is 15.6 Å². The van der Waals surface area contributed by atoms with Gasteiger partial charge in [0.15, 0.2) is 0 Å². The summed E-state index contributed by atoms with van der Waals surface area (Å²) in [5.74, 6) is -0.106. The lowest BCUT2D eigenvalue weighted by Gasteiger charge is -2.27. The third-order valence-corrected chi connectivity index (χ3v) is 8.78. The van der Waals surface area contributed by atoms with Gasteiger partial charge < -0.3 is 4.57 Å². The maximum Gasteiger partial charge on any atom is 0.231 e. The first-order valence-electron chi connectivity index (χ1n) is 10.4. The van der Waals surface area contributed by atoms with Crippen molar-refractivity contribution in [3.63, 3.8) is 0 Å². The molecule has 0 radical (unpaired) electrons. The van der Waals surface area contributed by atoms with Crippen LogP contribution in [0.2, 0.25) is 10.0 Å². The second kappa shape index (κ2) is 9.61. The highest BCUT2D eigenvalue weighted by atomic mass is 35.5. The second-order valence-electron chi connectivity index (χ2n) is 9.77. The molecule has 0 aromatic heterocycles. The molecule has 0 heterocycles. The fourth-order valence-corrected chi connectivity index (χ4v) is 7.93. The van der Waals surface area contributed by atoms with Gasteiger partial charge in [-0.1, -0.05) is 74.7 Å². The lowest BCUT2D eigenvalue weighted by molar-refractivity contribution is 0.103. The van der Waals surface area contributed by atoms with E-state index in [1.54, 1.807) is 6.07 Å². The van der Waals surface area contributed by atoms with Crippen LogP contribution < -0.4 is 0 Å². The van der Waals surface area contributed by atoms with E-state index in [9.17, 15) is 14.2 Å². The molecule has 0 bridgehead atoms. The van der Waals surface area contributed by atoms with Crippen molar-refractivity contribution in [3.05, 3.63) is 68.2 Å². The molecule has 6 heteroatoms. The summed E-state index contributed by atoms with van der Waals surface area (Å²) >= 11 is 12.5. The van der Waals surface area contributed by atoms with Crippen LogP contribution in [0, 0.1) is 32.1 Å². The van der Waals surface area contributed by atoms with Crippen LogP contribution >= 0.6 is 30.3 Å². The number of benzene rings is 2. The highest BCUT2D eigenvalue weighted by Gasteiger charge is 2.44. The van der Waals surface area contributed by atoms with Crippen molar-refractivity contribution in [1.29, 1.82) is 0 Å². The molecule has 0 saturated heterocycles. The molecule has 0 aliphatic rings. The van der Waals surface area contributed by atoms with Gasteiger partial charge in [-0.3, -0.25) is 9.59 Å². The SMILES string of the molecule is Cc1cc(C)c(C(=O)P(=O)(CC(C)CC(C)(C)C)C(=O)c2c(Cl)cccc2Cl)c(C)c1. The summed E-state index contributed by atoms with van der Waals surface area (Å²) < 4.78 is 14.4. The first kappa shape index (κ1) is 25.8. The molecular weight excluding hydrogens is 450 g/mol. The van der Waals surface area contributed by atoms with E-state index in [0.29, 0.717) is 16.7 Å². The molecule has 2 unspecified atom stereocenters. The van der Waals surface area contributed by atoms with Crippen molar-refractivity contribution in [2.45, 2.75) is 54.9 Å². The monoisotopic (exact) mass is 480 g/mol. The number of hydrogen-bond donors (Lipinski definition) is 0. The summed E-state index contributed by atoms with van der Waals surface area (Å²) in [6.45, 7) is 13.7. The molecule has 0 fully saturated rings. The lowest BCUT2D eigenvalue weighted by atomic mass is 9.86. The van der Waals surface area contributed by atoms with Crippen LogP contribution in [0.25, 0.3) is 0 Å². The van der Waals surface area contributed by atoms with Gasteiger partial charge in [-0.05, 0) is 61.8 Å². The molecule has 2 aromatic rings. The maximum atomic E-state index is 14.4. The van der Waals surface area contributed by atoms with Crippen molar-refractivity contribution >= 4 is 41.4 Å². The average molecular weight is 481 g/mol. The normalized spacial score (nSPS) is 14.7. The molecule has 0 aliphatic carbocycles. The van der Waals surface area contributed by atoms with E-state index in [4.69, 9.17) is 23.2 Å². The molecule has 0 amide bonds. The Morgan fingerprint density at radius 3 is 1.84 bits per heavy atom. The Morgan fingerprint density at radius 1 is 0.935 bits per heavy atom. The first-order valence-corrected chi connectivity index (χ1v) is 13.0. The summed E-state index contributed by atoms with van der Waals surface area (Å²) in [7, 11) is -4.06. The van der Waals surface area contributed by atoms with Gasteiger partial charge in [-0.2, -0.15) is 0 Å². The summed E-state index contributed by atoms with van der Waals surface area (Å²) in [5, 5.41) is 0.206. The molecule has 2 atom stereocenters. The molecule has 2 aromatic carbocycles. The number of carbonyl (C=O) groups excluding carboxylic acids is 2. The molecular formula is C25H31Cl2O3P. The molecule has 0 aliphatic heterocycles. The number of hydrogen-bond acceptors (Lipinski definition) is 3. The Morgan fingerprint density at radius 2 is 1.39 bits per heavy atom. The number of carbonyl (C=O) groups is 2. The zero-order valence-corrected chi connectivity index (χ0v) is 21.7. The van der Waals surface area contributed by atoms with E-state index >= 15 is 0 Å². The van der Waals surface area contributed by atoms with Crippen molar-refractivity contribution < 1.29 is 14.2 Å². The predicted molar refractivity (Wildman–Crippen MR) is 131 cm³/mol. The highest BCUT2D eigenvalue weighted by Crippen LogP contribution is 2.56. The van der Waals surface area contributed by atoms with Crippen molar-refractivity contribution in [2.75, 3.05) is 6.16 Å². The quantitative estimate of drug-likeness (QED) is 0.374. The zero-order valence-electron chi connectivity index (χ0n) is 19.3. The Hall–Kier alpha value is -1.41. The standard InChI is InChI=1S/C25H31Cl2O3P/c1-15-11-17(3)21(18(4)12-15)23(28)31(30,14-16(2)13-25(5,6)7)24(29)22-19(26)9-8-10-20(22)27/h8-12,16H,13-14H2,1-7H3. The second-order valence-corrected chi connectivity index (χ2v) is 13.2. The van der Waals surface area contributed by atoms with Crippen LogP contribution in [-0.2, 0) is 4.57 Å². The third kappa shape index (κ3) is 5.89. The minimum Gasteiger partial charge on any atom is -0.307 e. The van der Waals surface area contributed by atoms with Gasteiger partial charge in [0.25, 0.3) is 0 Å². The molecule has 168 valence electrons. The van der Waals surface area contributed by atoms with Crippen LogP contribution in [0.1, 0.15) is 71.5 Å². The van der Waals surface area contributed by atoms with E-state index in [2.05, 4.69) is 20.8 Å². The molecule has 0 N–H and O–H groups in total. The largest absolute Gasteiger partial charge is 0.307 e. The van der Waals surface area contributed by atoms with Crippen molar-refractivity contribution in [2.24, 2.45) is 11.3 Å². The summed E-state index contributed by atoms with van der Waals surface area (Å²) in [6, 6.07) is 8.41. The van der Waals surface area contributed by atoms with Crippen LogP contribution in [0.15, 0.2) is 30.3 Å². The summed E-state index contributed by atoms with van der Waals surface area (Å²) in [4.78, 5) is 27.4. The Balaban J connectivity index is 2.67. The van der Waals surface area contributed by atoms with E-state index < -0.39 is 18.2 Å². The smallest absolute Gasteiger partial charge is 0.231 e. The number of halogens is 2. The third-order valence-electron chi connectivity index (χ3n) is 5.25. The van der Waals surface area contributed by atoms with E-state index in [-0.39, 0.29) is 33.1 Å². The topological polar surface area (TPSA) is 51.2 Å².